The van der Waals surface area contributed by atoms with Crippen LogP contribution in [0.25, 0.3) is 0 Å². The Morgan fingerprint density at radius 1 is 0.776 bits per heavy atom. The van der Waals surface area contributed by atoms with Crippen molar-refractivity contribution in [1.82, 2.24) is 10.6 Å². The number of aliphatic hydroxyl groups excluding tert-OH is 8. The molecule has 16 atom stereocenters. The molecule has 15 N–H and O–H groups in total. The quantitative estimate of drug-likeness (QED) is 0.161. The van der Waals surface area contributed by atoms with Crippen molar-refractivity contribution in [1.29, 1.82) is 0 Å². The number of urea groups is 1. The van der Waals surface area contributed by atoms with Crippen LogP contribution in [0.4, 0.5) is 4.79 Å². The second kappa shape index (κ2) is 31.0. The number of cyclic esters (lactones) is 1. The predicted octanol–water partition coefficient (Wildman–Crippen LogP) is 0.504. The summed E-state index contributed by atoms with van der Waals surface area (Å²) in [6.45, 7) is 3.64. The monoisotopic (exact) mass is 953 g/mol. The summed E-state index contributed by atoms with van der Waals surface area (Å²) in [6.07, 6.45) is 10.1. The molecule has 19 nitrogen and oxygen atoms in total. The van der Waals surface area contributed by atoms with Crippen molar-refractivity contribution in [3.8, 4) is 0 Å². The van der Waals surface area contributed by atoms with Gasteiger partial charge in [0, 0.05) is 57.2 Å². The van der Waals surface area contributed by atoms with E-state index in [0.717, 1.165) is 12.8 Å². The molecule has 2 fully saturated rings. The van der Waals surface area contributed by atoms with Crippen molar-refractivity contribution in [2.45, 2.75) is 176 Å². The number of ether oxygens (including phenoxy) is 4. The molecule has 0 spiro atoms. The molecule has 0 aliphatic carbocycles. The summed E-state index contributed by atoms with van der Waals surface area (Å²) in [5.41, 5.74) is 11.5. The van der Waals surface area contributed by atoms with E-state index >= 15 is 0 Å². The van der Waals surface area contributed by atoms with E-state index in [1.165, 1.54) is 0 Å². The van der Waals surface area contributed by atoms with Gasteiger partial charge >= 0.3 is 12.0 Å². The lowest BCUT2D eigenvalue weighted by Gasteiger charge is -2.46. The molecule has 2 bridgehead atoms. The molecule has 3 aliphatic rings. The fourth-order valence-electron chi connectivity index (χ4n) is 8.14. The first kappa shape index (κ1) is 57.9. The molecule has 19 heteroatoms. The number of fused-ring (bicyclic) bond motifs is 2. The zero-order valence-electron chi connectivity index (χ0n) is 39.0. The molecule has 0 radical (unpaired) electrons. The number of carbonyl (C=O) groups is 2. The molecule has 7 unspecified atom stereocenters. The molecule has 2 saturated heterocycles. The Morgan fingerprint density at radius 3 is 2.13 bits per heavy atom. The van der Waals surface area contributed by atoms with E-state index in [1.807, 2.05) is 55.5 Å². The highest BCUT2D eigenvalue weighted by molar-refractivity contribution is 5.73. The second-order valence-corrected chi connectivity index (χ2v) is 18.1. The highest BCUT2D eigenvalue weighted by atomic mass is 16.7. The molecule has 0 aromatic heterocycles. The number of carbonyl (C=O) groups excluding carboxylic acids is 2. The third-order valence-corrected chi connectivity index (χ3v) is 11.9. The van der Waals surface area contributed by atoms with Crippen molar-refractivity contribution in [3.05, 3.63) is 72.9 Å². The predicted molar refractivity (Wildman–Crippen MR) is 249 cm³/mol. The number of nitrogens with two attached hydrogens (primary N) is 2. The number of nitrogens with one attached hydrogen (secondary N) is 2. The lowest BCUT2D eigenvalue weighted by atomic mass is 9.82. The van der Waals surface area contributed by atoms with E-state index in [9.17, 15) is 55.5 Å². The van der Waals surface area contributed by atoms with E-state index < -0.39 is 103 Å². The number of rotatable bonds is 6. The van der Waals surface area contributed by atoms with Gasteiger partial charge in [0.05, 0.1) is 74.0 Å². The lowest BCUT2D eigenvalue weighted by Crippen LogP contribution is -2.59. The van der Waals surface area contributed by atoms with Crippen molar-refractivity contribution in [2.75, 3.05) is 26.2 Å². The van der Waals surface area contributed by atoms with Crippen LogP contribution in [0.15, 0.2) is 72.9 Å². The summed E-state index contributed by atoms with van der Waals surface area (Å²) >= 11 is 0. The van der Waals surface area contributed by atoms with Crippen LogP contribution in [-0.2, 0) is 23.7 Å². The molecule has 0 saturated carbocycles. The highest BCUT2D eigenvalue weighted by Crippen LogP contribution is 2.37. The molecule has 0 aromatic carbocycles. The van der Waals surface area contributed by atoms with Crippen LogP contribution >= 0.6 is 0 Å². The summed E-state index contributed by atoms with van der Waals surface area (Å²) in [6, 6.07) is -1.60. The second-order valence-electron chi connectivity index (χ2n) is 18.1. The molecule has 3 heterocycles. The van der Waals surface area contributed by atoms with Crippen LogP contribution < -0.4 is 22.1 Å². The van der Waals surface area contributed by atoms with Crippen molar-refractivity contribution < 1.29 is 74.5 Å². The molecule has 0 aromatic rings. The van der Waals surface area contributed by atoms with Crippen molar-refractivity contribution in [2.24, 2.45) is 23.3 Å². The minimum Gasteiger partial charge on any atom is -0.462 e. The van der Waals surface area contributed by atoms with Crippen LogP contribution in [0.1, 0.15) is 90.9 Å². The van der Waals surface area contributed by atoms with Gasteiger partial charge in [0.2, 0.25) is 0 Å². The van der Waals surface area contributed by atoms with Gasteiger partial charge in [0.25, 0.3) is 0 Å². The Morgan fingerprint density at radius 2 is 1.42 bits per heavy atom. The minimum absolute atomic E-state index is 0.0474. The van der Waals surface area contributed by atoms with Crippen molar-refractivity contribution >= 4 is 12.0 Å². The Balaban J connectivity index is 1.83. The zero-order chi connectivity index (χ0) is 49.4. The van der Waals surface area contributed by atoms with Gasteiger partial charge < -0.3 is 87.0 Å². The topological polar surface area (TPSA) is 329 Å². The van der Waals surface area contributed by atoms with Gasteiger partial charge in [0.1, 0.15) is 12.2 Å². The molecule has 3 aliphatic heterocycles. The first-order valence-corrected chi connectivity index (χ1v) is 23.7. The summed E-state index contributed by atoms with van der Waals surface area (Å²) in [5.74, 6) is -3.74. The van der Waals surface area contributed by atoms with Crippen LogP contribution in [0.3, 0.4) is 0 Å². The maximum Gasteiger partial charge on any atom is 0.314 e. The zero-order valence-corrected chi connectivity index (χ0v) is 39.0. The van der Waals surface area contributed by atoms with Crippen LogP contribution in [-0.4, -0.2) is 169 Å². The first-order chi connectivity index (χ1) is 31.9. The Bertz CT molecular complexity index is 1610. The number of hydrogen-bond donors (Lipinski definition) is 13. The summed E-state index contributed by atoms with van der Waals surface area (Å²) in [4.78, 5) is 25.0. The minimum atomic E-state index is -2.05. The molecular weight excluding hydrogens is 873 g/mol. The van der Waals surface area contributed by atoms with E-state index in [2.05, 4.69) is 10.6 Å². The average Bonchev–Trinajstić information content (AvgIpc) is 3.24. The van der Waals surface area contributed by atoms with Gasteiger partial charge in [-0.2, -0.15) is 0 Å². The van der Waals surface area contributed by atoms with Crippen LogP contribution in [0.5, 0.6) is 0 Å². The Hall–Kier alpha value is -3.38. The largest absolute Gasteiger partial charge is 0.462 e. The summed E-state index contributed by atoms with van der Waals surface area (Å²) in [5, 5.41) is 103. The maximum absolute atomic E-state index is 12.5. The third-order valence-electron chi connectivity index (χ3n) is 11.9. The summed E-state index contributed by atoms with van der Waals surface area (Å²) < 4.78 is 23.5. The highest BCUT2D eigenvalue weighted by Gasteiger charge is 2.48. The fraction of sp³-hybridized carbons (Fsp3) is 0.708. The molecular formula is C48H80N4O15. The Labute approximate surface area is 394 Å². The van der Waals surface area contributed by atoms with Gasteiger partial charge in [-0.25, -0.2) is 4.79 Å². The van der Waals surface area contributed by atoms with Gasteiger partial charge in [-0.3, -0.25) is 4.79 Å². The molecule has 3 rings (SSSR count). The average molecular weight is 953 g/mol. The number of esters is 1. The van der Waals surface area contributed by atoms with Gasteiger partial charge in [0.15, 0.2) is 12.1 Å². The first-order valence-electron chi connectivity index (χ1n) is 23.7. The van der Waals surface area contributed by atoms with Crippen LogP contribution in [0, 0.1) is 11.8 Å². The number of aliphatic hydroxyl groups is 9. The number of allylic oxidation sites excluding steroid dienone is 10. The standard InChI is InChI=1S/C48H80N4O15/c1-31-16-13-11-9-7-5-3-4-6-8-10-12-14-19-37(66-46-45(61)44(50)41(59)30-64-46)26-42-38(29-52-47(62)51-21-20-49)40(58)28-48(63,67-42)27-34(54)18-15-17-33(53)23-35(55)24-36(56)25-43(60)65-32(2)22-39(31)57/h3-4,6,8-14,16,19,31-42,44-46,53-59,61,63H,5,7,15,17-18,20-30,49-50H2,1-2H3,(H2,51,52,62)/b4-3+,8-6+,11-9+,12-10+,16-13+,19-14+/t31-,32-,33?,34?,35?,36?,37?,38+,39-,40-,41+,42-,44-,45-,46?,48?/m0/s1. The normalized spacial score (nSPS) is 40.8. The maximum atomic E-state index is 12.5. The SMILES string of the molecule is C[C@H]1C[C@H](O)[C@@H](C)/C=C/C=C/CC/C=C/C=C/C=C/C=C/C(OC2OC[C@@H](O)[C@H](N)[C@@H]2O)C[C@@H]2OC(O)(CC(O)CCCC(O)CC(O)CC(O)CC(=O)O1)C[C@H](O)[C@H]2CNC(=O)NCCN. The van der Waals surface area contributed by atoms with Crippen molar-refractivity contribution in [3.63, 3.8) is 0 Å². The summed E-state index contributed by atoms with van der Waals surface area (Å²) in [7, 11) is 0. The molecule has 382 valence electrons. The fourth-order valence-corrected chi connectivity index (χ4v) is 8.14. The van der Waals surface area contributed by atoms with E-state index in [4.69, 9.17) is 30.4 Å². The lowest BCUT2D eigenvalue weighted by molar-refractivity contribution is -0.306. The van der Waals surface area contributed by atoms with E-state index in [1.54, 1.807) is 31.2 Å². The van der Waals surface area contributed by atoms with Gasteiger partial charge in [-0.1, -0.05) is 79.8 Å². The molecule has 67 heavy (non-hydrogen) atoms. The number of hydrogen-bond acceptors (Lipinski definition) is 17. The van der Waals surface area contributed by atoms with Gasteiger partial charge in [-0.05, 0) is 51.9 Å². The van der Waals surface area contributed by atoms with E-state index in [-0.39, 0.29) is 96.4 Å². The van der Waals surface area contributed by atoms with Crippen LogP contribution in [0.2, 0.25) is 0 Å². The smallest absolute Gasteiger partial charge is 0.314 e. The molecule has 2 amide bonds. The Kier molecular flexibility index (Phi) is 26.8. The third kappa shape index (κ3) is 22.7. The van der Waals surface area contributed by atoms with Gasteiger partial charge in [-0.15, -0.1) is 0 Å². The number of amides is 2. The van der Waals surface area contributed by atoms with E-state index in [0.29, 0.717) is 0 Å².